The number of guanidine groups is 1. The van der Waals surface area contributed by atoms with Gasteiger partial charge in [-0.1, -0.05) is 42.5 Å². The fourth-order valence-corrected chi connectivity index (χ4v) is 5.09. The summed E-state index contributed by atoms with van der Waals surface area (Å²) >= 11 is 0. The van der Waals surface area contributed by atoms with Gasteiger partial charge in [-0.2, -0.15) is 8.42 Å². The van der Waals surface area contributed by atoms with Crippen LogP contribution in [0.5, 0.6) is 11.5 Å². The maximum atomic E-state index is 11.6. The van der Waals surface area contributed by atoms with Crippen molar-refractivity contribution in [2.45, 2.75) is 18.9 Å². The summed E-state index contributed by atoms with van der Waals surface area (Å²) in [6.45, 7) is 2.50. The van der Waals surface area contributed by atoms with Gasteiger partial charge in [-0.15, -0.1) is 0 Å². The molecule has 0 fully saturated rings. The molecule has 204 valence electrons. The van der Waals surface area contributed by atoms with Crippen LogP contribution >= 0.6 is 0 Å². The molecule has 0 amide bonds. The van der Waals surface area contributed by atoms with Gasteiger partial charge >= 0.3 is 10.1 Å². The average Bonchev–Trinajstić information content (AvgIpc) is 3.21. The molecule has 3 aromatic rings. The molecule has 3 aromatic carbocycles. The molecule has 2 aliphatic heterocycles. The molecule has 11 heteroatoms. The monoisotopic (exact) mass is 550 g/mol. The summed E-state index contributed by atoms with van der Waals surface area (Å²) in [7, 11) is -1.99. The van der Waals surface area contributed by atoms with Gasteiger partial charge in [-0.3, -0.25) is 14.7 Å². The molecule has 0 saturated heterocycles. The molecule has 2 aliphatic rings. The van der Waals surface area contributed by atoms with Gasteiger partial charge in [0.25, 0.3) is 5.97 Å². The molecule has 39 heavy (non-hydrogen) atoms. The highest BCUT2D eigenvalue weighted by Crippen LogP contribution is 2.43. The average molecular weight is 551 g/mol. The number of carboxylic acid groups (broad SMARTS) is 1. The first kappa shape index (κ1) is 27.6. The van der Waals surface area contributed by atoms with Crippen LogP contribution in [0.25, 0.3) is 11.1 Å². The molecular weight excluding hydrogens is 520 g/mol. The second-order valence-corrected chi connectivity index (χ2v) is 10.6. The van der Waals surface area contributed by atoms with Crippen molar-refractivity contribution in [2.24, 2.45) is 15.7 Å². The number of aliphatic imine (C=N–C) groups is 2. The number of ether oxygens (including phenoxy) is 1. The van der Waals surface area contributed by atoms with Gasteiger partial charge in [0.15, 0.2) is 11.5 Å². The highest BCUT2D eigenvalue weighted by Gasteiger charge is 2.49. The molecule has 0 aliphatic carbocycles. The Hall–Kier alpha value is -4.38. The Morgan fingerprint density at radius 3 is 2.28 bits per heavy atom. The molecule has 0 spiro atoms. The Balaban J connectivity index is 0.000000826. The van der Waals surface area contributed by atoms with Crippen molar-refractivity contribution in [1.82, 2.24) is 4.90 Å². The molecule has 0 saturated carbocycles. The molecule has 3 N–H and O–H groups in total. The van der Waals surface area contributed by atoms with E-state index in [1.54, 1.807) is 19.2 Å². The largest absolute Gasteiger partial charge is 0.497 e. The third-order valence-corrected chi connectivity index (χ3v) is 6.64. The van der Waals surface area contributed by atoms with Crippen LogP contribution in [0.4, 0.5) is 0 Å². The van der Waals surface area contributed by atoms with E-state index in [9.17, 15) is 8.42 Å². The number of nitrogens with zero attached hydrogens (tertiary/aromatic N) is 3. The molecule has 5 rings (SSSR count). The lowest BCUT2D eigenvalue weighted by molar-refractivity contribution is -0.134. The van der Waals surface area contributed by atoms with Crippen molar-refractivity contribution in [3.05, 3.63) is 83.9 Å². The smallest absolute Gasteiger partial charge is 0.306 e. The minimum Gasteiger partial charge on any atom is -0.497 e. The van der Waals surface area contributed by atoms with Gasteiger partial charge in [0.05, 0.1) is 13.4 Å². The van der Waals surface area contributed by atoms with E-state index in [0.29, 0.717) is 12.5 Å². The number of methoxy groups -OCH3 is 1. The zero-order chi connectivity index (χ0) is 28.2. The van der Waals surface area contributed by atoms with Crippen LogP contribution in [-0.2, 0) is 20.5 Å². The second kappa shape index (κ2) is 11.2. The number of carbonyl (C=O) groups is 1. The van der Waals surface area contributed by atoms with Gasteiger partial charge in [-0.05, 0) is 59.0 Å². The van der Waals surface area contributed by atoms with E-state index in [-0.39, 0.29) is 5.75 Å². The number of benzene rings is 3. The van der Waals surface area contributed by atoms with Crippen molar-refractivity contribution in [3.8, 4) is 22.6 Å². The first-order chi connectivity index (χ1) is 18.5. The van der Waals surface area contributed by atoms with Crippen LogP contribution in [0.3, 0.4) is 0 Å². The maximum absolute atomic E-state index is 11.6. The molecule has 1 atom stereocenters. The quantitative estimate of drug-likeness (QED) is 0.444. The van der Waals surface area contributed by atoms with Crippen LogP contribution in [0.15, 0.2) is 82.8 Å². The number of aliphatic carboxylic acids is 1. The summed E-state index contributed by atoms with van der Waals surface area (Å²) < 4.78 is 33.6. The summed E-state index contributed by atoms with van der Waals surface area (Å²) in [5.41, 5.74) is 9.17. The van der Waals surface area contributed by atoms with E-state index in [2.05, 4.69) is 6.07 Å². The van der Waals surface area contributed by atoms with Crippen LogP contribution < -0.4 is 14.7 Å². The predicted octanol–water partition coefficient (Wildman–Crippen LogP) is 3.47. The third kappa shape index (κ3) is 6.04. The standard InChI is InChI=1S/C26H26N4O4S.C2H4O2/c1-33-23-9-4-7-19(17-23)18-6-3-8-21(16-18)26(24-28-14-5-15-30(24)25(27)29-26)20-10-12-22(13-11-20)34-35(2,31)32;1-2(3)4/h3-4,6-13,16-17H,5,14-15H2,1-2H3,(H2,27,29);1H3,(H,3,4). The van der Waals surface area contributed by atoms with Crippen LogP contribution in [0.1, 0.15) is 24.5 Å². The minimum absolute atomic E-state index is 0.230. The van der Waals surface area contributed by atoms with Crippen LogP contribution in [0, 0.1) is 0 Å². The third-order valence-electron chi connectivity index (χ3n) is 6.14. The van der Waals surface area contributed by atoms with Gasteiger partial charge in [0.2, 0.25) is 0 Å². The van der Waals surface area contributed by atoms with Crippen LogP contribution in [0.2, 0.25) is 0 Å². The van der Waals surface area contributed by atoms with E-state index in [1.165, 1.54) is 0 Å². The molecule has 0 radical (unpaired) electrons. The Morgan fingerprint density at radius 2 is 1.64 bits per heavy atom. The Kier molecular flexibility index (Phi) is 7.91. The summed E-state index contributed by atoms with van der Waals surface area (Å²) in [5, 5.41) is 7.42. The lowest BCUT2D eigenvalue weighted by Crippen LogP contribution is -2.46. The number of hydrogen-bond acceptors (Lipinski definition) is 9. The van der Waals surface area contributed by atoms with Crippen molar-refractivity contribution < 1.29 is 27.2 Å². The lowest BCUT2D eigenvalue weighted by Gasteiger charge is -2.33. The number of hydrogen-bond donors (Lipinski definition) is 2. The number of amidine groups is 1. The van der Waals surface area contributed by atoms with Crippen molar-refractivity contribution >= 4 is 27.9 Å². The Labute approximate surface area is 227 Å². The Bertz CT molecular complexity index is 1530. The zero-order valence-electron chi connectivity index (χ0n) is 21.9. The summed E-state index contributed by atoms with van der Waals surface area (Å²) in [6.07, 6.45) is 1.91. The summed E-state index contributed by atoms with van der Waals surface area (Å²) in [4.78, 5) is 20.8. The van der Waals surface area contributed by atoms with Gasteiger partial charge in [-0.25, -0.2) is 4.99 Å². The first-order valence-corrected chi connectivity index (χ1v) is 14.0. The second-order valence-electron chi connectivity index (χ2n) is 9.03. The van der Waals surface area contributed by atoms with Gasteiger partial charge < -0.3 is 19.8 Å². The van der Waals surface area contributed by atoms with Crippen molar-refractivity contribution in [1.29, 1.82) is 0 Å². The lowest BCUT2D eigenvalue weighted by atomic mass is 9.81. The zero-order valence-corrected chi connectivity index (χ0v) is 22.7. The normalized spacial score (nSPS) is 18.2. The van der Waals surface area contributed by atoms with Crippen LogP contribution in [-0.4, -0.2) is 62.6 Å². The highest BCUT2D eigenvalue weighted by atomic mass is 32.2. The Morgan fingerprint density at radius 1 is 1.00 bits per heavy atom. The summed E-state index contributed by atoms with van der Waals surface area (Å²) in [5.74, 6) is 1.34. The minimum atomic E-state index is -3.64. The van der Waals surface area contributed by atoms with Crippen molar-refractivity contribution in [2.75, 3.05) is 26.5 Å². The van der Waals surface area contributed by atoms with Gasteiger partial charge in [0.1, 0.15) is 17.3 Å². The number of fused-ring (bicyclic) bond motifs is 1. The molecule has 0 bridgehead atoms. The molecule has 0 aromatic heterocycles. The maximum Gasteiger partial charge on any atom is 0.306 e. The molecule has 10 nitrogen and oxygen atoms in total. The SMILES string of the molecule is CC(=O)O.COc1cccc(-c2cccc(C3(c4ccc(OS(C)(=O)=O)cc4)N=C(N)N4CCCN=C43)c2)c1. The predicted molar refractivity (Wildman–Crippen MR) is 150 cm³/mol. The van der Waals surface area contributed by atoms with E-state index in [0.717, 1.165) is 60.0 Å². The molecule has 1 unspecified atom stereocenters. The molecule has 2 heterocycles. The number of nitrogens with two attached hydrogens (primary N) is 1. The summed E-state index contributed by atoms with van der Waals surface area (Å²) in [6, 6.07) is 22.9. The number of rotatable bonds is 6. The van der Waals surface area contributed by atoms with E-state index < -0.39 is 21.6 Å². The first-order valence-electron chi connectivity index (χ1n) is 12.2. The van der Waals surface area contributed by atoms with E-state index in [1.807, 2.05) is 59.5 Å². The van der Waals surface area contributed by atoms with Crippen molar-refractivity contribution in [3.63, 3.8) is 0 Å². The van der Waals surface area contributed by atoms with Gasteiger partial charge in [0, 0.05) is 20.0 Å². The van der Waals surface area contributed by atoms with E-state index >= 15 is 0 Å². The topological polar surface area (TPSA) is 144 Å². The fourth-order valence-electron chi connectivity index (χ4n) is 4.63. The van der Waals surface area contributed by atoms with E-state index in [4.69, 9.17) is 34.5 Å². The molecular formula is C28H30N4O6S. The highest BCUT2D eigenvalue weighted by molar-refractivity contribution is 7.86. The number of carboxylic acids is 1. The fraction of sp³-hybridized carbons (Fsp3) is 0.250.